The second kappa shape index (κ2) is 5.79. The number of esters is 1. The highest BCUT2D eigenvalue weighted by molar-refractivity contribution is 6.18. The normalized spacial score (nSPS) is 20.0. The number of cyclic esters (lactones) is 1. The first kappa shape index (κ1) is 16.3. The van der Waals surface area contributed by atoms with Crippen molar-refractivity contribution in [3.8, 4) is 0 Å². The van der Waals surface area contributed by atoms with E-state index >= 15 is 0 Å². The van der Waals surface area contributed by atoms with Crippen LogP contribution in [0.2, 0.25) is 0 Å². The number of carbonyl (C=O) groups excluding carboxylic acids is 1. The summed E-state index contributed by atoms with van der Waals surface area (Å²) in [5, 5.41) is 10.4. The molecule has 0 saturated heterocycles. The molecule has 3 rings (SSSR count). The Bertz CT molecular complexity index is 820. The molecule has 0 aliphatic carbocycles. The quantitative estimate of drug-likeness (QED) is 0.876. The molecule has 1 aliphatic rings. The lowest BCUT2D eigenvalue weighted by atomic mass is 10.00. The van der Waals surface area contributed by atoms with E-state index in [1.807, 2.05) is 19.1 Å². The molecule has 0 aromatic heterocycles. The molecule has 0 fully saturated rings. The Kier molecular flexibility index (Phi) is 3.93. The number of carbonyl (C=O) groups is 1. The SMILES string of the molecule is Cc1ccc(CC2(O)C=C(c3c(F)cc(F)cc3F)C(=O)O2)cc1. The van der Waals surface area contributed by atoms with Crippen molar-refractivity contribution in [1.29, 1.82) is 0 Å². The summed E-state index contributed by atoms with van der Waals surface area (Å²) in [5.41, 5.74) is 0.495. The molecule has 0 bridgehead atoms. The van der Waals surface area contributed by atoms with Crippen molar-refractivity contribution in [3.05, 3.63) is 76.6 Å². The Morgan fingerprint density at radius 3 is 2.25 bits per heavy atom. The van der Waals surface area contributed by atoms with Gasteiger partial charge in [-0.15, -0.1) is 0 Å². The van der Waals surface area contributed by atoms with Crippen LogP contribution < -0.4 is 0 Å². The minimum absolute atomic E-state index is 0.0764. The van der Waals surface area contributed by atoms with Crippen LogP contribution >= 0.6 is 0 Å². The van der Waals surface area contributed by atoms with Gasteiger partial charge in [0.05, 0.1) is 11.1 Å². The number of aliphatic hydroxyl groups is 1. The average molecular weight is 334 g/mol. The largest absolute Gasteiger partial charge is 0.425 e. The molecule has 2 aromatic rings. The molecule has 24 heavy (non-hydrogen) atoms. The molecule has 3 nitrogen and oxygen atoms in total. The van der Waals surface area contributed by atoms with Crippen LogP contribution in [0.3, 0.4) is 0 Å². The molecule has 1 N–H and O–H groups in total. The van der Waals surface area contributed by atoms with E-state index in [1.165, 1.54) is 0 Å². The Hall–Kier alpha value is -2.60. The van der Waals surface area contributed by atoms with E-state index in [9.17, 15) is 23.1 Å². The lowest BCUT2D eigenvalue weighted by molar-refractivity contribution is -0.176. The summed E-state index contributed by atoms with van der Waals surface area (Å²) in [5.74, 6) is -6.68. The van der Waals surface area contributed by atoms with Crippen molar-refractivity contribution in [2.24, 2.45) is 0 Å². The maximum atomic E-state index is 13.8. The first-order chi connectivity index (χ1) is 11.3. The number of ether oxygens (including phenoxy) is 1. The van der Waals surface area contributed by atoms with E-state index in [-0.39, 0.29) is 6.42 Å². The van der Waals surface area contributed by atoms with Gasteiger partial charge in [0.25, 0.3) is 0 Å². The lowest BCUT2D eigenvalue weighted by Crippen LogP contribution is -2.30. The van der Waals surface area contributed by atoms with Crippen LogP contribution in [-0.4, -0.2) is 16.9 Å². The van der Waals surface area contributed by atoms with Gasteiger partial charge >= 0.3 is 5.97 Å². The number of hydrogen-bond donors (Lipinski definition) is 1. The van der Waals surface area contributed by atoms with E-state index in [4.69, 9.17) is 4.74 Å². The first-order valence-electron chi connectivity index (χ1n) is 7.16. The van der Waals surface area contributed by atoms with Crippen LogP contribution in [0.4, 0.5) is 13.2 Å². The zero-order chi connectivity index (χ0) is 17.5. The molecule has 0 radical (unpaired) electrons. The summed E-state index contributed by atoms with van der Waals surface area (Å²) in [7, 11) is 0. The fourth-order valence-electron chi connectivity index (χ4n) is 2.59. The van der Waals surface area contributed by atoms with Gasteiger partial charge in [-0.05, 0) is 12.5 Å². The fourth-order valence-corrected chi connectivity index (χ4v) is 2.59. The van der Waals surface area contributed by atoms with Crippen LogP contribution in [0.25, 0.3) is 5.57 Å². The summed E-state index contributed by atoms with van der Waals surface area (Å²) >= 11 is 0. The Morgan fingerprint density at radius 1 is 1.08 bits per heavy atom. The van der Waals surface area contributed by atoms with Gasteiger partial charge in [0.1, 0.15) is 17.5 Å². The zero-order valence-corrected chi connectivity index (χ0v) is 12.6. The highest BCUT2D eigenvalue weighted by atomic mass is 19.1. The van der Waals surface area contributed by atoms with E-state index in [1.54, 1.807) is 12.1 Å². The van der Waals surface area contributed by atoms with Crippen LogP contribution in [0.15, 0.2) is 42.5 Å². The lowest BCUT2D eigenvalue weighted by Gasteiger charge is -2.19. The molecule has 2 aromatic carbocycles. The second-order valence-electron chi connectivity index (χ2n) is 5.70. The predicted molar refractivity (Wildman–Crippen MR) is 80.2 cm³/mol. The molecule has 6 heteroatoms. The minimum atomic E-state index is -2.02. The molecule has 124 valence electrons. The highest BCUT2D eigenvalue weighted by Gasteiger charge is 2.40. The van der Waals surface area contributed by atoms with Gasteiger partial charge in [-0.3, -0.25) is 0 Å². The first-order valence-corrected chi connectivity index (χ1v) is 7.16. The van der Waals surface area contributed by atoms with Crippen LogP contribution in [-0.2, 0) is 16.0 Å². The predicted octanol–water partition coefficient (Wildman–Crippen LogP) is 3.28. The van der Waals surface area contributed by atoms with Gasteiger partial charge in [-0.1, -0.05) is 29.8 Å². The Morgan fingerprint density at radius 2 is 1.67 bits per heavy atom. The molecular formula is C18H13F3O3. The van der Waals surface area contributed by atoms with Gasteiger partial charge in [0.2, 0.25) is 5.79 Å². The summed E-state index contributed by atoms with van der Waals surface area (Å²) in [6, 6.07) is 8.05. The van der Waals surface area contributed by atoms with Crippen molar-refractivity contribution in [2.75, 3.05) is 0 Å². The standard InChI is InChI=1S/C18H13F3O3/c1-10-2-4-11(5-3-10)8-18(23)9-13(17(22)24-18)16-14(20)6-12(19)7-15(16)21/h2-7,9,23H,8H2,1H3. The maximum absolute atomic E-state index is 13.8. The average Bonchev–Trinajstić information content (AvgIpc) is 2.75. The zero-order valence-electron chi connectivity index (χ0n) is 12.6. The molecule has 1 heterocycles. The topological polar surface area (TPSA) is 46.5 Å². The molecule has 1 atom stereocenters. The minimum Gasteiger partial charge on any atom is -0.425 e. The maximum Gasteiger partial charge on any atom is 0.341 e. The summed E-state index contributed by atoms with van der Waals surface area (Å²) < 4.78 is 45.6. The number of hydrogen-bond acceptors (Lipinski definition) is 3. The van der Waals surface area contributed by atoms with Gasteiger partial charge in [0, 0.05) is 24.6 Å². The van der Waals surface area contributed by atoms with Crippen LogP contribution in [0.1, 0.15) is 16.7 Å². The molecule has 0 spiro atoms. The number of aryl methyl sites for hydroxylation is 1. The molecule has 0 saturated carbocycles. The van der Waals surface area contributed by atoms with Crippen LogP contribution in [0, 0.1) is 24.4 Å². The summed E-state index contributed by atoms with van der Waals surface area (Å²) in [6.45, 7) is 1.90. The third-order valence-corrected chi connectivity index (χ3v) is 3.71. The Labute approximate surface area is 136 Å². The fraction of sp³-hybridized carbons (Fsp3) is 0.167. The highest BCUT2D eigenvalue weighted by Crippen LogP contribution is 2.34. The summed E-state index contributed by atoms with van der Waals surface area (Å²) in [6.07, 6.45) is 0.877. The monoisotopic (exact) mass is 334 g/mol. The van der Waals surface area contributed by atoms with Gasteiger partial charge in [-0.2, -0.15) is 0 Å². The van der Waals surface area contributed by atoms with E-state index in [2.05, 4.69) is 0 Å². The molecular weight excluding hydrogens is 321 g/mol. The van der Waals surface area contributed by atoms with E-state index in [0.717, 1.165) is 11.6 Å². The van der Waals surface area contributed by atoms with Gasteiger partial charge in [-0.25, -0.2) is 18.0 Å². The third kappa shape index (κ3) is 3.05. The van der Waals surface area contributed by atoms with Gasteiger partial charge < -0.3 is 9.84 Å². The van der Waals surface area contributed by atoms with Crippen molar-refractivity contribution in [1.82, 2.24) is 0 Å². The van der Waals surface area contributed by atoms with Gasteiger partial charge in [0.15, 0.2) is 0 Å². The number of rotatable bonds is 3. The Balaban J connectivity index is 1.97. The molecule has 1 aliphatic heterocycles. The van der Waals surface area contributed by atoms with Crippen molar-refractivity contribution < 1.29 is 27.8 Å². The smallest absolute Gasteiger partial charge is 0.341 e. The van der Waals surface area contributed by atoms with Crippen molar-refractivity contribution in [3.63, 3.8) is 0 Å². The van der Waals surface area contributed by atoms with Crippen molar-refractivity contribution >= 4 is 11.5 Å². The third-order valence-electron chi connectivity index (χ3n) is 3.71. The van der Waals surface area contributed by atoms with E-state index < -0.39 is 40.3 Å². The summed E-state index contributed by atoms with van der Waals surface area (Å²) in [4.78, 5) is 11.9. The second-order valence-corrected chi connectivity index (χ2v) is 5.70. The molecule has 1 unspecified atom stereocenters. The number of halogens is 3. The van der Waals surface area contributed by atoms with E-state index in [0.29, 0.717) is 17.7 Å². The van der Waals surface area contributed by atoms with Crippen LogP contribution in [0.5, 0.6) is 0 Å². The van der Waals surface area contributed by atoms with Crippen molar-refractivity contribution in [2.45, 2.75) is 19.1 Å². The number of benzene rings is 2. The molecule has 0 amide bonds.